The van der Waals surface area contributed by atoms with E-state index in [1.165, 1.54) is 0 Å². The van der Waals surface area contributed by atoms with Gasteiger partial charge in [-0.15, -0.1) is 0 Å². The quantitative estimate of drug-likeness (QED) is 0.482. The van der Waals surface area contributed by atoms with Gasteiger partial charge in [-0.25, -0.2) is 4.79 Å². The lowest BCUT2D eigenvalue weighted by Gasteiger charge is -2.12. The standard InChI is InChI=1S/C22H19ClN2O5S/c1-2-30-21(28)15-5-9-17(10-6-15)24-19(26)11-12-25-20(27)18(31-22(25)29)13-14-3-7-16(23)8-4-14/h3-10,13H,2,11-12H2,1H3,(H,24,26)/b18-13+. The number of halogens is 1. The van der Waals surface area contributed by atoms with E-state index in [-0.39, 0.29) is 25.5 Å². The number of ether oxygens (including phenoxy) is 1. The Morgan fingerprint density at radius 3 is 2.42 bits per heavy atom. The van der Waals surface area contributed by atoms with Gasteiger partial charge in [0.15, 0.2) is 0 Å². The van der Waals surface area contributed by atoms with Crippen LogP contribution in [-0.4, -0.2) is 41.1 Å². The zero-order valence-electron chi connectivity index (χ0n) is 16.6. The summed E-state index contributed by atoms with van der Waals surface area (Å²) in [7, 11) is 0. The molecule has 0 bridgehead atoms. The molecule has 0 atom stereocenters. The SMILES string of the molecule is CCOC(=O)c1ccc(NC(=O)CCN2C(=O)S/C(=C/c3ccc(Cl)cc3)C2=O)cc1. The highest BCUT2D eigenvalue weighted by Gasteiger charge is 2.35. The lowest BCUT2D eigenvalue weighted by molar-refractivity contribution is -0.123. The van der Waals surface area contributed by atoms with Gasteiger partial charge < -0.3 is 10.1 Å². The van der Waals surface area contributed by atoms with Crippen LogP contribution >= 0.6 is 23.4 Å². The van der Waals surface area contributed by atoms with Crippen LogP contribution in [0.4, 0.5) is 10.5 Å². The minimum atomic E-state index is -0.439. The summed E-state index contributed by atoms with van der Waals surface area (Å²) in [6.45, 7) is 1.97. The van der Waals surface area contributed by atoms with E-state index >= 15 is 0 Å². The second kappa shape index (κ2) is 10.3. The van der Waals surface area contributed by atoms with Crippen LogP contribution in [0.25, 0.3) is 6.08 Å². The van der Waals surface area contributed by atoms with Gasteiger partial charge in [0, 0.05) is 23.7 Å². The first-order valence-electron chi connectivity index (χ1n) is 9.45. The zero-order valence-corrected chi connectivity index (χ0v) is 18.2. The van der Waals surface area contributed by atoms with Crippen LogP contribution in [0.5, 0.6) is 0 Å². The van der Waals surface area contributed by atoms with E-state index in [4.69, 9.17) is 16.3 Å². The number of thioether (sulfide) groups is 1. The number of carbonyl (C=O) groups is 4. The van der Waals surface area contributed by atoms with E-state index in [9.17, 15) is 19.2 Å². The molecule has 0 radical (unpaired) electrons. The predicted molar refractivity (Wildman–Crippen MR) is 120 cm³/mol. The third kappa shape index (κ3) is 5.96. The molecule has 1 fully saturated rings. The number of esters is 1. The van der Waals surface area contributed by atoms with E-state index in [0.29, 0.717) is 21.2 Å². The number of hydrogen-bond acceptors (Lipinski definition) is 6. The lowest BCUT2D eigenvalue weighted by Crippen LogP contribution is -2.31. The van der Waals surface area contributed by atoms with Gasteiger partial charge in [-0.2, -0.15) is 0 Å². The fourth-order valence-corrected chi connectivity index (χ4v) is 3.74. The molecule has 1 heterocycles. The molecule has 2 aromatic rings. The number of hydrogen-bond donors (Lipinski definition) is 1. The van der Waals surface area contributed by atoms with Crippen molar-refractivity contribution in [1.82, 2.24) is 4.90 Å². The summed E-state index contributed by atoms with van der Waals surface area (Å²) in [4.78, 5) is 49.9. The van der Waals surface area contributed by atoms with Crippen molar-refractivity contribution in [2.75, 3.05) is 18.5 Å². The van der Waals surface area contributed by atoms with Crippen molar-refractivity contribution in [3.05, 3.63) is 69.6 Å². The van der Waals surface area contributed by atoms with Crippen molar-refractivity contribution >= 4 is 58.1 Å². The summed E-state index contributed by atoms with van der Waals surface area (Å²) in [5.74, 6) is -1.23. The van der Waals surface area contributed by atoms with Crippen molar-refractivity contribution in [3.63, 3.8) is 0 Å². The first-order chi connectivity index (χ1) is 14.9. The molecule has 0 spiro atoms. The van der Waals surface area contributed by atoms with Gasteiger partial charge in [0.05, 0.1) is 17.1 Å². The van der Waals surface area contributed by atoms with Crippen LogP contribution in [0, 0.1) is 0 Å². The molecule has 0 unspecified atom stereocenters. The molecule has 9 heteroatoms. The summed E-state index contributed by atoms with van der Waals surface area (Å²) in [5, 5.41) is 2.83. The van der Waals surface area contributed by atoms with E-state index in [1.54, 1.807) is 61.5 Å². The Morgan fingerprint density at radius 1 is 1.10 bits per heavy atom. The number of carbonyl (C=O) groups excluding carboxylic acids is 4. The maximum absolute atomic E-state index is 12.5. The molecular formula is C22H19ClN2O5S. The monoisotopic (exact) mass is 458 g/mol. The first kappa shape index (κ1) is 22.6. The summed E-state index contributed by atoms with van der Waals surface area (Å²) in [6.07, 6.45) is 1.57. The molecule has 0 saturated carbocycles. The number of nitrogens with zero attached hydrogens (tertiary/aromatic N) is 1. The van der Waals surface area contributed by atoms with E-state index < -0.39 is 17.1 Å². The lowest BCUT2D eigenvalue weighted by atomic mass is 10.2. The van der Waals surface area contributed by atoms with Crippen LogP contribution in [0.1, 0.15) is 29.3 Å². The average Bonchev–Trinajstić information content (AvgIpc) is 3.01. The van der Waals surface area contributed by atoms with Crippen molar-refractivity contribution in [2.45, 2.75) is 13.3 Å². The van der Waals surface area contributed by atoms with Gasteiger partial charge in [-0.05, 0) is 66.7 Å². The Hall–Kier alpha value is -3.10. The van der Waals surface area contributed by atoms with E-state index in [1.807, 2.05) is 0 Å². The van der Waals surface area contributed by atoms with Crippen molar-refractivity contribution in [1.29, 1.82) is 0 Å². The van der Waals surface area contributed by atoms with Gasteiger partial charge >= 0.3 is 5.97 Å². The predicted octanol–water partition coefficient (Wildman–Crippen LogP) is 4.58. The molecule has 1 aliphatic rings. The van der Waals surface area contributed by atoms with Gasteiger partial charge in [0.2, 0.25) is 5.91 Å². The molecule has 1 saturated heterocycles. The fourth-order valence-electron chi connectivity index (χ4n) is 2.74. The van der Waals surface area contributed by atoms with Gasteiger partial charge in [0.1, 0.15) is 0 Å². The smallest absolute Gasteiger partial charge is 0.338 e. The van der Waals surface area contributed by atoms with Gasteiger partial charge in [0.25, 0.3) is 11.1 Å². The maximum atomic E-state index is 12.5. The minimum Gasteiger partial charge on any atom is -0.462 e. The molecule has 3 amide bonds. The topological polar surface area (TPSA) is 92.8 Å². The molecule has 1 N–H and O–H groups in total. The average molecular weight is 459 g/mol. The second-order valence-corrected chi connectivity index (χ2v) is 7.91. The maximum Gasteiger partial charge on any atom is 0.338 e. The Labute approximate surface area is 188 Å². The summed E-state index contributed by atoms with van der Waals surface area (Å²) < 4.78 is 4.91. The third-order valence-corrected chi connectivity index (χ3v) is 5.44. The third-order valence-electron chi connectivity index (χ3n) is 4.28. The van der Waals surface area contributed by atoms with Crippen molar-refractivity contribution in [3.8, 4) is 0 Å². The molecule has 160 valence electrons. The summed E-state index contributed by atoms with van der Waals surface area (Å²) in [5.41, 5.74) is 1.62. The van der Waals surface area contributed by atoms with E-state index in [2.05, 4.69) is 5.32 Å². The Balaban J connectivity index is 1.55. The van der Waals surface area contributed by atoms with Gasteiger partial charge in [-0.3, -0.25) is 19.3 Å². The fraction of sp³-hybridized carbons (Fsp3) is 0.182. The highest BCUT2D eigenvalue weighted by molar-refractivity contribution is 8.18. The van der Waals surface area contributed by atoms with Crippen LogP contribution in [0.15, 0.2) is 53.4 Å². The van der Waals surface area contributed by atoms with Crippen molar-refractivity contribution < 1.29 is 23.9 Å². The first-order valence-corrected chi connectivity index (χ1v) is 10.6. The molecule has 7 nitrogen and oxygen atoms in total. The van der Waals surface area contributed by atoms with Crippen LogP contribution in [-0.2, 0) is 14.3 Å². The number of imide groups is 1. The zero-order chi connectivity index (χ0) is 22.4. The molecule has 3 rings (SSSR count). The number of rotatable bonds is 7. The summed E-state index contributed by atoms with van der Waals surface area (Å²) in [6, 6.07) is 13.1. The Bertz CT molecular complexity index is 1030. The molecule has 2 aromatic carbocycles. The van der Waals surface area contributed by atoms with Crippen LogP contribution in [0.2, 0.25) is 5.02 Å². The van der Waals surface area contributed by atoms with Crippen LogP contribution < -0.4 is 5.32 Å². The minimum absolute atomic E-state index is 0.0324. The van der Waals surface area contributed by atoms with Gasteiger partial charge in [-0.1, -0.05) is 23.7 Å². The molecule has 0 aromatic heterocycles. The Morgan fingerprint density at radius 2 is 1.77 bits per heavy atom. The molecule has 1 aliphatic heterocycles. The van der Waals surface area contributed by atoms with E-state index in [0.717, 1.165) is 22.2 Å². The normalized spacial score (nSPS) is 14.8. The van der Waals surface area contributed by atoms with Crippen molar-refractivity contribution in [2.24, 2.45) is 0 Å². The Kier molecular flexibility index (Phi) is 7.49. The highest BCUT2D eigenvalue weighted by Crippen LogP contribution is 2.32. The number of nitrogens with one attached hydrogen (secondary N) is 1. The van der Waals surface area contributed by atoms with Crippen LogP contribution in [0.3, 0.4) is 0 Å². The molecule has 31 heavy (non-hydrogen) atoms. The largest absolute Gasteiger partial charge is 0.462 e. The highest BCUT2D eigenvalue weighted by atomic mass is 35.5. The number of amides is 3. The summed E-state index contributed by atoms with van der Waals surface area (Å²) >= 11 is 6.69. The molecule has 0 aliphatic carbocycles. The number of benzene rings is 2. The number of anilines is 1. The molecular weight excluding hydrogens is 440 g/mol. The second-order valence-electron chi connectivity index (χ2n) is 6.48.